The van der Waals surface area contributed by atoms with Gasteiger partial charge in [-0.05, 0) is 69.7 Å². The summed E-state index contributed by atoms with van der Waals surface area (Å²) in [5.74, 6) is 1.60. The molecule has 170 valence electrons. The number of halogens is 1. The van der Waals surface area contributed by atoms with E-state index in [1.54, 1.807) is 23.7 Å². The van der Waals surface area contributed by atoms with Crippen molar-refractivity contribution in [3.63, 3.8) is 0 Å². The standard InChI is InChI=1S/C24H24ClN5O3/c1-5-32-18-9-7-17(8-10-18)24-27-21(16(4)33-24)13-30-15(3)22(28-29-30)23(31)26-20-11-6-14(2)12-19(20)25/h6-12H,5,13H2,1-4H3,(H,26,31). The van der Waals surface area contributed by atoms with Crippen molar-refractivity contribution in [3.05, 3.63) is 75.9 Å². The lowest BCUT2D eigenvalue weighted by molar-refractivity contribution is 0.102. The SMILES string of the molecule is CCOc1ccc(-c2nc(Cn3nnc(C(=O)Nc4ccc(C)cc4Cl)c3C)c(C)o2)cc1. The molecular weight excluding hydrogens is 442 g/mol. The number of carbonyl (C=O) groups excluding carboxylic acids is 1. The highest BCUT2D eigenvalue weighted by Gasteiger charge is 2.20. The summed E-state index contributed by atoms with van der Waals surface area (Å²) in [4.78, 5) is 17.4. The second kappa shape index (κ2) is 9.46. The fourth-order valence-electron chi connectivity index (χ4n) is 3.32. The van der Waals surface area contributed by atoms with Crippen molar-refractivity contribution in [2.45, 2.75) is 34.2 Å². The molecule has 0 radical (unpaired) electrons. The van der Waals surface area contributed by atoms with Gasteiger partial charge in [0, 0.05) is 5.56 Å². The molecule has 4 aromatic rings. The van der Waals surface area contributed by atoms with E-state index in [1.807, 2.05) is 51.1 Å². The minimum absolute atomic E-state index is 0.222. The summed E-state index contributed by atoms with van der Waals surface area (Å²) in [7, 11) is 0. The Balaban J connectivity index is 1.50. The van der Waals surface area contributed by atoms with Crippen LogP contribution in [0.2, 0.25) is 5.02 Å². The molecule has 0 bridgehead atoms. The van der Waals surface area contributed by atoms with Crippen LogP contribution in [0.3, 0.4) is 0 Å². The number of hydrogen-bond acceptors (Lipinski definition) is 6. The average molecular weight is 466 g/mol. The normalized spacial score (nSPS) is 10.9. The Bertz CT molecular complexity index is 1290. The number of nitrogens with one attached hydrogen (secondary N) is 1. The molecule has 2 aromatic carbocycles. The Morgan fingerprint density at radius 2 is 1.91 bits per heavy atom. The Kier molecular flexibility index (Phi) is 6.46. The summed E-state index contributed by atoms with van der Waals surface area (Å²) in [6, 6.07) is 13.0. The van der Waals surface area contributed by atoms with E-state index in [4.69, 9.17) is 20.8 Å². The molecule has 1 amide bonds. The van der Waals surface area contributed by atoms with Crippen molar-refractivity contribution < 1.29 is 13.9 Å². The lowest BCUT2D eigenvalue weighted by Gasteiger charge is -2.07. The first kappa shape index (κ1) is 22.5. The molecule has 1 N–H and O–H groups in total. The predicted molar refractivity (Wildman–Crippen MR) is 126 cm³/mol. The number of oxazole rings is 1. The van der Waals surface area contributed by atoms with Gasteiger partial charge < -0.3 is 14.5 Å². The van der Waals surface area contributed by atoms with E-state index in [9.17, 15) is 4.79 Å². The van der Waals surface area contributed by atoms with Gasteiger partial charge in [-0.3, -0.25) is 4.79 Å². The molecule has 0 spiro atoms. The van der Waals surface area contributed by atoms with Gasteiger partial charge in [0.25, 0.3) is 5.91 Å². The van der Waals surface area contributed by atoms with E-state index in [2.05, 4.69) is 20.6 Å². The number of aromatic nitrogens is 4. The summed E-state index contributed by atoms with van der Waals surface area (Å²) >= 11 is 6.23. The van der Waals surface area contributed by atoms with Crippen LogP contribution in [0, 0.1) is 20.8 Å². The van der Waals surface area contributed by atoms with Gasteiger partial charge in [0.1, 0.15) is 17.2 Å². The zero-order valence-electron chi connectivity index (χ0n) is 18.8. The Labute approximate surface area is 196 Å². The van der Waals surface area contributed by atoms with Crippen molar-refractivity contribution >= 4 is 23.2 Å². The summed E-state index contributed by atoms with van der Waals surface area (Å²) < 4.78 is 13.0. The molecule has 33 heavy (non-hydrogen) atoms. The van der Waals surface area contributed by atoms with Crippen molar-refractivity contribution in [2.24, 2.45) is 0 Å². The Morgan fingerprint density at radius 1 is 1.15 bits per heavy atom. The molecule has 0 aliphatic carbocycles. The van der Waals surface area contributed by atoms with Gasteiger partial charge >= 0.3 is 0 Å². The van der Waals surface area contributed by atoms with Crippen LogP contribution in [-0.4, -0.2) is 32.5 Å². The maximum atomic E-state index is 12.7. The van der Waals surface area contributed by atoms with Crippen LogP contribution in [0.15, 0.2) is 46.9 Å². The molecule has 0 atom stereocenters. The monoisotopic (exact) mass is 465 g/mol. The number of carbonyl (C=O) groups is 1. The summed E-state index contributed by atoms with van der Waals surface area (Å²) in [6.45, 7) is 8.44. The first-order chi connectivity index (χ1) is 15.9. The van der Waals surface area contributed by atoms with Gasteiger partial charge in [-0.15, -0.1) is 5.10 Å². The van der Waals surface area contributed by atoms with Crippen LogP contribution >= 0.6 is 11.6 Å². The molecule has 4 rings (SSSR count). The number of ether oxygens (including phenoxy) is 1. The van der Waals surface area contributed by atoms with Gasteiger partial charge in [0.05, 0.1) is 29.6 Å². The molecule has 0 aliphatic heterocycles. The topological polar surface area (TPSA) is 95.1 Å². The molecule has 0 saturated carbocycles. The van der Waals surface area contributed by atoms with Crippen LogP contribution in [0.25, 0.3) is 11.5 Å². The van der Waals surface area contributed by atoms with Gasteiger partial charge in [0.15, 0.2) is 5.69 Å². The fourth-order valence-corrected chi connectivity index (χ4v) is 3.61. The van der Waals surface area contributed by atoms with Gasteiger partial charge in [-0.2, -0.15) is 0 Å². The van der Waals surface area contributed by atoms with E-state index in [0.717, 1.165) is 16.9 Å². The highest BCUT2D eigenvalue weighted by atomic mass is 35.5. The first-order valence-corrected chi connectivity index (χ1v) is 10.9. The largest absolute Gasteiger partial charge is 0.494 e. The van der Waals surface area contributed by atoms with Gasteiger partial charge in [-0.25, -0.2) is 9.67 Å². The van der Waals surface area contributed by atoms with E-state index in [-0.39, 0.29) is 11.6 Å². The van der Waals surface area contributed by atoms with Crippen LogP contribution < -0.4 is 10.1 Å². The van der Waals surface area contributed by atoms with Crippen molar-refractivity contribution in [2.75, 3.05) is 11.9 Å². The first-order valence-electron chi connectivity index (χ1n) is 10.5. The zero-order valence-corrected chi connectivity index (χ0v) is 19.6. The quantitative estimate of drug-likeness (QED) is 0.402. The van der Waals surface area contributed by atoms with Crippen LogP contribution in [-0.2, 0) is 6.54 Å². The van der Waals surface area contributed by atoms with Crippen molar-refractivity contribution in [1.82, 2.24) is 20.0 Å². The highest BCUT2D eigenvalue weighted by Crippen LogP contribution is 2.26. The van der Waals surface area contributed by atoms with Crippen LogP contribution in [0.1, 0.15) is 40.1 Å². The van der Waals surface area contributed by atoms with Gasteiger partial charge in [0.2, 0.25) is 5.89 Å². The molecule has 0 saturated heterocycles. The molecule has 2 heterocycles. The van der Waals surface area contributed by atoms with Crippen LogP contribution in [0.5, 0.6) is 5.75 Å². The van der Waals surface area contributed by atoms with Crippen molar-refractivity contribution in [3.8, 4) is 17.2 Å². The molecule has 0 unspecified atom stereocenters. The summed E-state index contributed by atoms with van der Waals surface area (Å²) in [6.07, 6.45) is 0. The minimum Gasteiger partial charge on any atom is -0.494 e. The molecule has 8 nitrogen and oxygen atoms in total. The molecule has 0 aliphatic rings. The lowest BCUT2D eigenvalue weighted by atomic mass is 10.2. The van der Waals surface area contributed by atoms with Crippen LogP contribution in [0.4, 0.5) is 5.69 Å². The van der Waals surface area contributed by atoms with E-state index >= 15 is 0 Å². The number of anilines is 1. The molecule has 9 heteroatoms. The van der Waals surface area contributed by atoms with E-state index < -0.39 is 0 Å². The molecule has 0 fully saturated rings. The van der Waals surface area contributed by atoms with E-state index in [1.165, 1.54) is 0 Å². The number of aryl methyl sites for hydroxylation is 2. The number of rotatable bonds is 7. The number of nitrogens with zero attached hydrogens (tertiary/aromatic N) is 4. The number of benzene rings is 2. The van der Waals surface area contributed by atoms with E-state index in [0.29, 0.717) is 46.9 Å². The predicted octanol–water partition coefficient (Wildman–Crippen LogP) is 5.21. The molecular formula is C24H24ClN5O3. The average Bonchev–Trinajstić information content (AvgIpc) is 3.34. The fraction of sp³-hybridized carbons (Fsp3) is 0.250. The number of hydrogen-bond donors (Lipinski definition) is 1. The zero-order chi connectivity index (χ0) is 23.5. The third-order valence-corrected chi connectivity index (χ3v) is 5.49. The lowest BCUT2D eigenvalue weighted by Crippen LogP contribution is -2.15. The van der Waals surface area contributed by atoms with Gasteiger partial charge in [-0.1, -0.05) is 22.9 Å². The Morgan fingerprint density at radius 3 is 2.61 bits per heavy atom. The summed E-state index contributed by atoms with van der Waals surface area (Å²) in [5, 5.41) is 11.5. The smallest absolute Gasteiger partial charge is 0.278 e. The Hall–Kier alpha value is -3.65. The minimum atomic E-state index is -0.378. The maximum absolute atomic E-state index is 12.7. The summed E-state index contributed by atoms with van der Waals surface area (Å²) in [5.41, 5.74) is 3.92. The third-order valence-electron chi connectivity index (χ3n) is 5.17. The third kappa shape index (κ3) is 4.90. The number of amides is 1. The second-order valence-electron chi connectivity index (χ2n) is 7.60. The second-order valence-corrected chi connectivity index (χ2v) is 8.01. The molecule has 2 aromatic heterocycles. The maximum Gasteiger partial charge on any atom is 0.278 e. The highest BCUT2D eigenvalue weighted by molar-refractivity contribution is 6.34. The van der Waals surface area contributed by atoms with Crippen molar-refractivity contribution in [1.29, 1.82) is 0 Å².